The van der Waals surface area contributed by atoms with Crippen molar-refractivity contribution in [3.63, 3.8) is 0 Å². The highest BCUT2D eigenvalue weighted by atomic mass is 16.3. The first-order valence-corrected chi connectivity index (χ1v) is 6.79. The van der Waals surface area contributed by atoms with Crippen molar-refractivity contribution in [2.75, 3.05) is 7.05 Å². The van der Waals surface area contributed by atoms with E-state index < -0.39 is 0 Å². The van der Waals surface area contributed by atoms with Crippen LogP contribution in [0.3, 0.4) is 0 Å². The Morgan fingerprint density at radius 3 is 2.61 bits per heavy atom. The van der Waals surface area contributed by atoms with E-state index in [0.29, 0.717) is 17.6 Å². The van der Waals surface area contributed by atoms with Crippen LogP contribution in [0.15, 0.2) is 16.7 Å². The molecule has 0 bridgehead atoms. The maximum Gasteiger partial charge on any atom is 0.255 e. The van der Waals surface area contributed by atoms with Crippen LogP contribution < -0.4 is 10.6 Å². The zero-order valence-corrected chi connectivity index (χ0v) is 11.2. The smallest absolute Gasteiger partial charge is 0.255 e. The van der Waals surface area contributed by atoms with Gasteiger partial charge in [0, 0.05) is 18.5 Å². The van der Waals surface area contributed by atoms with Crippen LogP contribution in [0.1, 0.15) is 48.7 Å². The molecule has 100 valence electrons. The molecule has 1 aliphatic carbocycles. The van der Waals surface area contributed by atoms with Gasteiger partial charge in [-0.2, -0.15) is 0 Å². The van der Waals surface area contributed by atoms with Crippen LogP contribution in [-0.4, -0.2) is 25.0 Å². The highest BCUT2D eigenvalue weighted by Gasteiger charge is 2.23. The van der Waals surface area contributed by atoms with Gasteiger partial charge in [0.25, 0.3) is 5.91 Å². The van der Waals surface area contributed by atoms with E-state index in [-0.39, 0.29) is 5.91 Å². The molecule has 1 fully saturated rings. The van der Waals surface area contributed by atoms with Crippen molar-refractivity contribution >= 4 is 5.91 Å². The summed E-state index contributed by atoms with van der Waals surface area (Å²) >= 11 is 0. The van der Waals surface area contributed by atoms with Crippen LogP contribution in [0, 0.1) is 0 Å². The summed E-state index contributed by atoms with van der Waals surface area (Å²) in [5.74, 6) is 0.782. The predicted molar refractivity (Wildman–Crippen MR) is 70.7 cm³/mol. The van der Waals surface area contributed by atoms with E-state index in [4.69, 9.17) is 4.42 Å². The summed E-state index contributed by atoms with van der Waals surface area (Å²) < 4.78 is 5.29. The Hall–Kier alpha value is -1.29. The average Bonchev–Trinajstić information content (AvgIpc) is 2.88. The molecule has 2 N–H and O–H groups in total. The minimum atomic E-state index is 0.00788. The number of rotatable bonds is 4. The number of furan rings is 1. The largest absolute Gasteiger partial charge is 0.469 e. The molecule has 1 saturated carbocycles. The van der Waals surface area contributed by atoms with Gasteiger partial charge in [0.15, 0.2) is 0 Å². The molecule has 0 radical (unpaired) electrons. The Morgan fingerprint density at radius 2 is 2.00 bits per heavy atom. The maximum absolute atomic E-state index is 12.1. The molecule has 0 aromatic carbocycles. The lowest BCUT2D eigenvalue weighted by Crippen LogP contribution is -2.41. The van der Waals surface area contributed by atoms with Crippen molar-refractivity contribution in [3.8, 4) is 0 Å². The van der Waals surface area contributed by atoms with Crippen LogP contribution in [-0.2, 0) is 6.42 Å². The Bertz CT molecular complexity index is 392. The van der Waals surface area contributed by atoms with Crippen LogP contribution in [0.25, 0.3) is 0 Å². The number of aryl methyl sites for hydroxylation is 1. The standard InChI is InChI=1S/C14H22N2O2/c1-3-13-12(8-9-18-13)14(17)16-11-6-4-10(15-2)5-7-11/h8-11,15H,3-7H2,1-2H3,(H,16,17). The number of carbonyl (C=O) groups is 1. The monoisotopic (exact) mass is 250 g/mol. The Kier molecular flexibility index (Phi) is 4.42. The van der Waals surface area contributed by atoms with Crippen molar-refractivity contribution in [2.45, 2.75) is 51.1 Å². The first-order chi connectivity index (χ1) is 8.74. The van der Waals surface area contributed by atoms with Crippen molar-refractivity contribution in [3.05, 3.63) is 23.7 Å². The minimum Gasteiger partial charge on any atom is -0.469 e. The lowest BCUT2D eigenvalue weighted by atomic mass is 9.91. The van der Waals surface area contributed by atoms with E-state index in [1.165, 1.54) is 0 Å². The third-order valence-electron chi connectivity index (χ3n) is 3.78. The van der Waals surface area contributed by atoms with Crippen molar-refractivity contribution in [1.82, 2.24) is 10.6 Å². The molecule has 0 aliphatic heterocycles. The Balaban J connectivity index is 1.89. The lowest BCUT2D eigenvalue weighted by molar-refractivity contribution is 0.0922. The van der Waals surface area contributed by atoms with Crippen LogP contribution in [0.5, 0.6) is 0 Å². The third-order valence-corrected chi connectivity index (χ3v) is 3.78. The fraction of sp³-hybridized carbons (Fsp3) is 0.643. The molecule has 1 aromatic heterocycles. The second-order valence-corrected chi connectivity index (χ2v) is 4.92. The number of nitrogens with one attached hydrogen (secondary N) is 2. The molecular formula is C14H22N2O2. The Morgan fingerprint density at radius 1 is 1.33 bits per heavy atom. The molecular weight excluding hydrogens is 228 g/mol. The third kappa shape index (κ3) is 2.93. The molecule has 0 unspecified atom stereocenters. The molecule has 1 heterocycles. The van der Waals surface area contributed by atoms with Gasteiger partial charge in [0.2, 0.25) is 0 Å². The number of amides is 1. The van der Waals surface area contributed by atoms with Gasteiger partial charge in [0.05, 0.1) is 11.8 Å². The minimum absolute atomic E-state index is 0.00788. The van der Waals surface area contributed by atoms with Crippen LogP contribution >= 0.6 is 0 Å². The summed E-state index contributed by atoms with van der Waals surface area (Å²) in [6, 6.07) is 2.67. The molecule has 0 saturated heterocycles. The molecule has 4 heteroatoms. The summed E-state index contributed by atoms with van der Waals surface area (Å²) in [5, 5.41) is 6.41. The van der Waals surface area contributed by atoms with E-state index >= 15 is 0 Å². The number of hydrogen-bond acceptors (Lipinski definition) is 3. The van der Waals surface area contributed by atoms with E-state index in [1.807, 2.05) is 14.0 Å². The topological polar surface area (TPSA) is 54.3 Å². The number of hydrogen-bond donors (Lipinski definition) is 2. The summed E-state index contributed by atoms with van der Waals surface area (Å²) in [7, 11) is 2.00. The van der Waals surface area contributed by atoms with E-state index in [2.05, 4.69) is 10.6 Å². The zero-order chi connectivity index (χ0) is 13.0. The van der Waals surface area contributed by atoms with Crippen LogP contribution in [0.4, 0.5) is 0 Å². The molecule has 1 aliphatic rings. The second kappa shape index (κ2) is 6.05. The lowest BCUT2D eigenvalue weighted by Gasteiger charge is -2.28. The van der Waals surface area contributed by atoms with Gasteiger partial charge in [-0.25, -0.2) is 0 Å². The highest BCUT2D eigenvalue weighted by Crippen LogP contribution is 2.19. The first-order valence-electron chi connectivity index (χ1n) is 6.79. The Labute approximate surface area is 108 Å². The number of carbonyl (C=O) groups excluding carboxylic acids is 1. The van der Waals surface area contributed by atoms with E-state index in [9.17, 15) is 4.79 Å². The highest BCUT2D eigenvalue weighted by molar-refractivity contribution is 5.95. The van der Waals surface area contributed by atoms with Gasteiger partial charge in [-0.15, -0.1) is 0 Å². The normalized spacial score (nSPS) is 23.9. The van der Waals surface area contributed by atoms with E-state index in [0.717, 1.165) is 37.9 Å². The van der Waals surface area contributed by atoms with Gasteiger partial charge >= 0.3 is 0 Å². The van der Waals surface area contributed by atoms with Gasteiger partial charge in [-0.1, -0.05) is 6.92 Å². The molecule has 2 rings (SSSR count). The van der Waals surface area contributed by atoms with Gasteiger partial charge in [-0.3, -0.25) is 4.79 Å². The van der Waals surface area contributed by atoms with Gasteiger partial charge < -0.3 is 15.1 Å². The quantitative estimate of drug-likeness (QED) is 0.860. The second-order valence-electron chi connectivity index (χ2n) is 4.92. The van der Waals surface area contributed by atoms with E-state index in [1.54, 1.807) is 12.3 Å². The van der Waals surface area contributed by atoms with Crippen molar-refractivity contribution < 1.29 is 9.21 Å². The summed E-state index contributed by atoms with van der Waals surface area (Å²) in [4.78, 5) is 12.1. The molecule has 0 atom stereocenters. The SMILES string of the molecule is CCc1occc1C(=O)NC1CCC(NC)CC1. The fourth-order valence-corrected chi connectivity index (χ4v) is 2.61. The van der Waals surface area contributed by atoms with Gasteiger partial charge in [-0.05, 0) is 38.8 Å². The molecule has 18 heavy (non-hydrogen) atoms. The first kappa shape index (κ1) is 13.1. The molecule has 1 amide bonds. The molecule has 0 spiro atoms. The maximum atomic E-state index is 12.1. The van der Waals surface area contributed by atoms with Gasteiger partial charge in [0.1, 0.15) is 5.76 Å². The summed E-state index contributed by atoms with van der Waals surface area (Å²) in [5.41, 5.74) is 0.688. The summed E-state index contributed by atoms with van der Waals surface area (Å²) in [6.07, 6.45) is 6.71. The van der Waals surface area contributed by atoms with Crippen LogP contribution in [0.2, 0.25) is 0 Å². The predicted octanol–water partition coefficient (Wildman–Crippen LogP) is 2.10. The molecule has 1 aromatic rings. The fourth-order valence-electron chi connectivity index (χ4n) is 2.61. The zero-order valence-electron chi connectivity index (χ0n) is 11.2. The van der Waals surface area contributed by atoms with Crippen molar-refractivity contribution in [1.29, 1.82) is 0 Å². The molecule has 4 nitrogen and oxygen atoms in total. The summed E-state index contributed by atoms with van der Waals surface area (Å²) in [6.45, 7) is 1.99. The average molecular weight is 250 g/mol. The van der Waals surface area contributed by atoms with Crippen molar-refractivity contribution in [2.24, 2.45) is 0 Å².